The van der Waals surface area contributed by atoms with Gasteiger partial charge >= 0.3 is 11.9 Å². The van der Waals surface area contributed by atoms with E-state index in [2.05, 4.69) is 142 Å². The zero-order chi connectivity index (χ0) is 50.6. The van der Waals surface area contributed by atoms with Gasteiger partial charge in [0.1, 0.15) is 6.61 Å². The van der Waals surface area contributed by atoms with Gasteiger partial charge in [0.25, 0.3) is 0 Å². The zero-order valence-corrected chi connectivity index (χ0v) is 45.7. The van der Waals surface area contributed by atoms with Crippen molar-refractivity contribution in [1.82, 2.24) is 0 Å². The van der Waals surface area contributed by atoms with Crippen LogP contribution in [0.15, 0.2) is 122 Å². The molecule has 0 rings (SSSR count). The zero-order valence-electron chi connectivity index (χ0n) is 45.7. The first-order valence-corrected chi connectivity index (χ1v) is 29.1. The van der Waals surface area contributed by atoms with Crippen LogP contribution in [0.2, 0.25) is 0 Å². The van der Waals surface area contributed by atoms with Crippen molar-refractivity contribution < 1.29 is 23.8 Å². The quantitative estimate of drug-likeness (QED) is 0.0345. The van der Waals surface area contributed by atoms with Crippen molar-refractivity contribution in [3.63, 3.8) is 0 Å². The number of rotatable bonds is 52. The summed E-state index contributed by atoms with van der Waals surface area (Å²) in [5, 5.41) is 0. The van der Waals surface area contributed by atoms with Crippen LogP contribution in [0.3, 0.4) is 0 Å². The highest BCUT2D eigenvalue weighted by molar-refractivity contribution is 5.70. The maximum absolute atomic E-state index is 12.9. The molecule has 0 N–H and O–H groups in total. The molecular weight excluding hydrogens is 861 g/mol. The molecule has 1 atom stereocenters. The Hall–Kier alpha value is -3.70. The van der Waals surface area contributed by atoms with Crippen LogP contribution in [0.25, 0.3) is 0 Å². The van der Waals surface area contributed by atoms with Gasteiger partial charge < -0.3 is 14.2 Å². The molecular formula is C65H108O5. The van der Waals surface area contributed by atoms with E-state index >= 15 is 0 Å². The summed E-state index contributed by atoms with van der Waals surface area (Å²) in [6.45, 7) is 7.45. The maximum atomic E-state index is 12.9. The molecule has 0 saturated heterocycles. The molecule has 1 unspecified atom stereocenters. The molecule has 0 aromatic carbocycles. The number of hydrogen-bond acceptors (Lipinski definition) is 5. The third kappa shape index (κ3) is 56.9. The van der Waals surface area contributed by atoms with Crippen molar-refractivity contribution in [3.05, 3.63) is 122 Å². The number of carbonyl (C=O) groups excluding carboxylic acids is 2. The van der Waals surface area contributed by atoms with Gasteiger partial charge in [-0.1, -0.05) is 239 Å². The van der Waals surface area contributed by atoms with Crippen LogP contribution >= 0.6 is 0 Å². The van der Waals surface area contributed by atoms with Crippen LogP contribution in [0.1, 0.15) is 252 Å². The fraction of sp³-hybridized carbons (Fsp3) is 0.662. The predicted octanol–water partition coefficient (Wildman–Crippen LogP) is 20.1. The summed E-state index contributed by atoms with van der Waals surface area (Å²) in [6.07, 6.45) is 83.7. The van der Waals surface area contributed by atoms with E-state index in [9.17, 15) is 9.59 Å². The molecule has 70 heavy (non-hydrogen) atoms. The smallest absolute Gasteiger partial charge is 0.306 e. The van der Waals surface area contributed by atoms with Gasteiger partial charge in [0.05, 0.1) is 6.61 Å². The highest BCUT2D eigenvalue weighted by Gasteiger charge is 2.17. The Morgan fingerprint density at radius 1 is 0.329 bits per heavy atom. The van der Waals surface area contributed by atoms with E-state index in [1.807, 2.05) is 0 Å². The van der Waals surface area contributed by atoms with Crippen LogP contribution in [-0.4, -0.2) is 37.9 Å². The number of carbonyl (C=O) groups is 2. The second-order valence-electron chi connectivity index (χ2n) is 18.8. The lowest BCUT2D eigenvalue weighted by Gasteiger charge is -2.18. The molecule has 0 aromatic rings. The molecule has 0 radical (unpaired) electrons. The number of hydrogen-bond donors (Lipinski definition) is 0. The van der Waals surface area contributed by atoms with E-state index in [-0.39, 0.29) is 25.2 Å². The number of unbranched alkanes of at least 4 members (excludes halogenated alkanes) is 21. The SMILES string of the molecule is CC/C=C\C/C=C\C/C=C\C/C=C\C/C=C\C/C=C\CCCOCC(COC(=O)CCCCCCCCC/C=C\C/C=C\C/C=C\CC)OC(=O)CCCCCCCCC/C=C\CCCCCCCC. The molecule has 0 spiro atoms. The summed E-state index contributed by atoms with van der Waals surface area (Å²) >= 11 is 0. The summed E-state index contributed by atoms with van der Waals surface area (Å²) in [6, 6.07) is 0. The van der Waals surface area contributed by atoms with Crippen LogP contribution < -0.4 is 0 Å². The van der Waals surface area contributed by atoms with Gasteiger partial charge in [0.2, 0.25) is 0 Å². The molecule has 0 aliphatic rings. The average Bonchev–Trinajstić information content (AvgIpc) is 3.36. The second-order valence-corrected chi connectivity index (χ2v) is 18.8. The summed E-state index contributed by atoms with van der Waals surface area (Å²) in [5.74, 6) is -0.448. The van der Waals surface area contributed by atoms with E-state index in [0.29, 0.717) is 19.4 Å². The molecule has 0 bridgehead atoms. The Balaban J connectivity index is 4.42. The van der Waals surface area contributed by atoms with Crippen LogP contribution in [0.4, 0.5) is 0 Å². The average molecular weight is 970 g/mol. The Kier molecular flexibility index (Phi) is 56.5. The standard InChI is InChI=1S/C65H108O5/c1-4-7-10-13-16-19-22-25-28-31-32-33-36-39-42-45-48-51-54-57-60-68-61-63(70-65(67)59-56-53-50-47-44-41-38-35-30-27-24-21-18-15-12-9-6-3)62-69-64(66)58-55-52-49-46-43-40-37-34-29-26-23-20-17-14-11-8-5-2/h7-8,10-11,16-17,19-20,25-30,32-33,39,42,48,51,63H,4-6,9,12-15,18,21-24,31,34-38,40-41,43-47,49-50,52-62H2,1-3H3/b10-7-,11-8-,19-16-,20-17-,28-25-,29-26-,30-27-,33-32-,42-39-,51-48-. The number of ether oxygens (including phenoxy) is 3. The normalized spacial score (nSPS) is 13.1. The van der Waals surface area contributed by atoms with Gasteiger partial charge in [-0.05, 0) is 122 Å². The molecule has 5 heteroatoms. The van der Waals surface area contributed by atoms with E-state index in [4.69, 9.17) is 14.2 Å². The lowest BCUT2D eigenvalue weighted by molar-refractivity contribution is -0.163. The molecule has 0 aliphatic carbocycles. The van der Waals surface area contributed by atoms with Crippen LogP contribution in [-0.2, 0) is 23.8 Å². The topological polar surface area (TPSA) is 61.8 Å². The molecule has 0 heterocycles. The predicted molar refractivity (Wildman–Crippen MR) is 306 cm³/mol. The minimum Gasteiger partial charge on any atom is -0.462 e. The molecule has 0 fully saturated rings. The molecule has 0 amide bonds. The summed E-state index contributed by atoms with van der Waals surface area (Å²) in [5.41, 5.74) is 0. The van der Waals surface area contributed by atoms with Crippen LogP contribution in [0.5, 0.6) is 0 Å². The number of allylic oxidation sites excluding steroid dienone is 20. The van der Waals surface area contributed by atoms with Crippen molar-refractivity contribution in [2.24, 2.45) is 0 Å². The third-order valence-corrected chi connectivity index (χ3v) is 12.0. The maximum Gasteiger partial charge on any atom is 0.306 e. The van der Waals surface area contributed by atoms with E-state index in [1.165, 1.54) is 103 Å². The molecule has 0 aromatic heterocycles. The van der Waals surface area contributed by atoms with Crippen molar-refractivity contribution in [2.45, 2.75) is 258 Å². The molecule has 0 aliphatic heterocycles. The minimum atomic E-state index is -0.582. The minimum absolute atomic E-state index is 0.0486. The fourth-order valence-corrected chi connectivity index (χ4v) is 7.71. The van der Waals surface area contributed by atoms with Gasteiger partial charge in [0.15, 0.2) is 6.10 Å². The molecule has 398 valence electrons. The first-order valence-electron chi connectivity index (χ1n) is 29.1. The van der Waals surface area contributed by atoms with Gasteiger partial charge in [-0.3, -0.25) is 9.59 Å². The fourth-order valence-electron chi connectivity index (χ4n) is 7.71. The van der Waals surface area contributed by atoms with Gasteiger partial charge in [0, 0.05) is 19.4 Å². The summed E-state index contributed by atoms with van der Waals surface area (Å²) in [7, 11) is 0. The number of esters is 2. The summed E-state index contributed by atoms with van der Waals surface area (Å²) < 4.78 is 17.4. The van der Waals surface area contributed by atoms with Gasteiger partial charge in [-0.2, -0.15) is 0 Å². The van der Waals surface area contributed by atoms with Crippen molar-refractivity contribution >= 4 is 11.9 Å². The largest absolute Gasteiger partial charge is 0.462 e. The Morgan fingerprint density at radius 3 is 1.04 bits per heavy atom. The van der Waals surface area contributed by atoms with E-state index in [1.54, 1.807) is 0 Å². The highest BCUT2D eigenvalue weighted by Crippen LogP contribution is 2.14. The Labute approximate surface area is 433 Å². The van der Waals surface area contributed by atoms with Crippen molar-refractivity contribution in [2.75, 3.05) is 19.8 Å². The van der Waals surface area contributed by atoms with Gasteiger partial charge in [-0.25, -0.2) is 0 Å². The van der Waals surface area contributed by atoms with Crippen LogP contribution in [0, 0.1) is 0 Å². The monoisotopic (exact) mass is 969 g/mol. The lowest BCUT2D eigenvalue weighted by Crippen LogP contribution is -2.30. The van der Waals surface area contributed by atoms with Gasteiger partial charge in [-0.15, -0.1) is 0 Å². The lowest BCUT2D eigenvalue weighted by atomic mass is 10.1. The van der Waals surface area contributed by atoms with Crippen molar-refractivity contribution in [3.8, 4) is 0 Å². The Morgan fingerprint density at radius 2 is 0.643 bits per heavy atom. The van der Waals surface area contributed by atoms with Crippen molar-refractivity contribution in [1.29, 1.82) is 0 Å². The third-order valence-electron chi connectivity index (χ3n) is 12.0. The second kappa shape index (κ2) is 59.6. The van der Waals surface area contributed by atoms with E-state index < -0.39 is 6.10 Å². The Bertz CT molecular complexity index is 1420. The molecule has 0 saturated carbocycles. The first kappa shape index (κ1) is 66.3. The highest BCUT2D eigenvalue weighted by atomic mass is 16.6. The first-order chi connectivity index (χ1) is 34.6. The summed E-state index contributed by atoms with van der Waals surface area (Å²) in [4.78, 5) is 25.5. The molecule has 5 nitrogen and oxygen atoms in total. The van der Waals surface area contributed by atoms with E-state index in [0.717, 1.165) is 116 Å².